The summed E-state index contributed by atoms with van der Waals surface area (Å²) in [6, 6.07) is 10.5. The summed E-state index contributed by atoms with van der Waals surface area (Å²) in [5.41, 5.74) is 7.42. The maximum atomic E-state index is 11.7. The zero-order chi connectivity index (χ0) is 11.4. The predicted molar refractivity (Wildman–Crippen MR) is 63.0 cm³/mol. The van der Waals surface area contributed by atoms with E-state index in [4.69, 9.17) is 5.73 Å². The molecule has 0 aliphatic heterocycles. The number of nitrogens with zero attached hydrogens (tertiary/aromatic N) is 1. The Bertz CT molecular complexity index is 497. The average Bonchev–Trinajstić information content (AvgIpc) is 2.30. The highest BCUT2D eigenvalue weighted by Crippen LogP contribution is 2.12. The molecule has 0 radical (unpaired) electrons. The Balaban J connectivity index is 2.14. The molecule has 0 saturated heterocycles. The Labute approximate surface area is 93.1 Å². The second-order valence-electron chi connectivity index (χ2n) is 3.32. The van der Waals surface area contributed by atoms with Gasteiger partial charge in [0.05, 0.1) is 5.56 Å². The number of carbonyl (C=O) groups is 1. The lowest BCUT2D eigenvalue weighted by molar-refractivity contribution is 0.102. The van der Waals surface area contributed by atoms with Crippen LogP contribution in [0.2, 0.25) is 0 Å². The number of benzene rings is 1. The fourth-order valence-electron chi connectivity index (χ4n) is 1.32. The van der Waals surface area contributed by atoms with E-state index >= 15 is 0 Å². The molecule has 80 valence electrons. The van der Waals surface area contributed by atoms with Gasteiger partial charge in [0.15, 0.2) is 0 Å². The molecular weight excluding hydrogens is 202 g/mol. The molecule has 1 aromatic carbocycles. The van der Waals surface area contributed by atoms with Crippen molar-refractivity contribution >= 4 is 17.3 Å². The van der Waals surface area contributed by atoms with Crippen LogP contribution in [0.25, 0.3) is 0 Å². The van der Waals surface area contributed by atoms with Crippen molar-refractivity contribution in [3.63, 3.8) is 0 Å². The topological polar surface area (TPSA) is 68.0 Å². The van der Waals surface area contributed by atoms with E-state index in [1.54, 1.807) is 42.6 Å². The summed E-state index contributed by atoms with van der Waals surface area (Å²) >= 11 is 0. The second-order valence-corrected chi connectivity index (χ2v) is 3.32. The van der Waals surface area contributed by atoms with Crippen LogP contribution in [0.15, 0.2) is 48.8 Å². The number of nitrogens with two attached hydrogens (primary N) is 1. The minimum Gasteiger partial charge on any atom is -0.399 e. The zero-order valence-corrected chi connectivity index (χ0v) is 8.55. The number of hydrogen-bond donors (Lipinski definition) is 2. The van der Waals surface area contributed by atoms with Gasteiger partial charge in [-0.05, 0) is 30.3 Å². The van der Waals surface area contributed by atoms with Crippen LogP contribution in [0.1, 0.15) is 10.4 Å². The van der Waals surface area contributed by atoms with E-state index in [1.807, 2.05) is 0 Å². The van der Waals surface area contributed by atoms with Crippen LogP contribution in [0, 0.1) is 0 Å². The third kappa shape index (κ3) is 2.36. The van der Waals surface area contributed by atoms with E-state index in [-0.39, 0.29) is 5.91 Å². The quantitative estimate of drug-likeness (QED) is 0.749. The van der Waals surface area contributed by atoms with E-state index in [0.717, 1.165) is 0 Å². The number of nitrogen functional groups attached to an aromatic ring is 1. The molecule has 0 atom stereocenters. The molecule has 0 bridgehead atoms. The lowest BCUT2D eigenvalue weighted by Gasteiger charge is -2.05. The third-order valence-electron chi connectivity index (χ3n) is 2.07. The fraction of sp³-hybridized carbons (Fsp3) is 0. The van der Waals surface area contributed by atoms with Crippen molar-refractivity contribution < 1.29 is 4.79 Å². The number of rotatable bonds is 2. The summed E-state index contributed by atoms with van der Waals surface area (Å²) in [7, 11) is 0. The number of anilines is 2. The van der Waals surface area contributed by atoms with Crippen LogP contribution in [0.3, 0.4) is 0 Å². The minimum absolute atomic E-state index is 0.196. The summed E-state index contributed by atoms with van der Waals surface area (Å²) in [6.07, 6.45) is 3.14. The molecule has 0 saturated carbocycles. The summed E-state index contributed by atoms with van der Waals surface area (Å²) in [5, 5.41) is 2.74. The van der Waals surface area contributed by atoms with Crippen LogP contribution in [-0.4, -0.2) is 10.9 Å². The molecule has 0 unspecified atom stereocenters. The lowest BCUT2D eigenvalue weighted by atomic mass is 10.2. The number of pyridine rings is 1. The molecule has 0 fully saturated rings. The Kier molecular flexibility index (Phi) is 2.82. The van der Waals surface area contributed by atoms with Crippen LogP contribution in [0.5, 0.6) is 0 Å². The summed E-state index contributed by atoms with van der Waals surface area (Å²) in [4.78, 5) is 15.6. The van der Waals surface area contributed by atoms with Crippen LogP contribution >= 0.6 is 0 Å². The van der Waals surface area contributed by atoms with Gasteiger partial charge in [-0.25, -0.2) is 0 Å². The van der Waals surface area contributed by atoms with E-state index < -0.39 is 0 Å². The van der Waals surface area contributed by atoms with Gasteiger partial charge >= 0.3 is 0 Å². The highest BCUT2D eigenvalue weighted by atomic mass is 16.1. The average molecular weight is 213 g/mol. The molecule has 0 aliphatic rings. The maximum absolute atomic E-state index is 11.7. The highest BCUT2D eigenvalue weighted by Gasteiger charge is 2.05. The number of aromatic nitrogens is 1. The molecule has 0 spiro atoms. The molecule has 2 aromatic rings. The van der Waals surface area contributed by atoms with Crippen molar-refractivity contribution in [1.82, 2.24) is 4.98 Å². The maximum Gasteiger partial charge on any atom is 0.257 e. The zero-order valence-electron chi connectivity index (χ0n) is 8.55. The highest BCUT2D eigenvalue weighted by molar-refractivity contribution is 6.04. The first-order valence-corrected chi connectivity index (χ1v) is 4.82. The molecule has 1 heterocycles. The van der Waals surface area contributed by atoms with Gasteiger partial charge in [-0.2, -0.15) is 0 Å². The van der Waals surface area contributed by atoms with Gasteiger partial charge in [-0.1, -0.05) is 6.07 Å². The normalized spacial score (nSPS) is 9.75. The molecule has 1 amide bonds. The molecule has 1 aromatic heterocycles. The van der Waals surface area contributed by atoms with Gasteiger partial charge < -0.3 is 11.1 Å². The minimum atomic E-state index is -0.196. The van der Waals surface area contributed by atoms with E-state index in [9.17, 15) is 4.79 Å². The molecule has 16 heavy (non-hydrogen) atoms. The van der Waals surface area contributed by atoms with Crippen molar-refractivity contribution in [2.75, 3.05) is 11.1 Å². The monoisotopic (exact) mass is 213 g/mol. The van der Waals surface area contributed by atoms with Gasteiger partial charge in [0, 0.05) is 23.8 Å². The molecule has 2 rings (SSSR count). The second kappa shape index (κ2) is 4.44. The summed E-state index contributed by atoms with van der Waals surface area (Å²) in [5.74, 6) is -0.196. The van der Waals surface area contributed by atoms with Crippen LogP contribution in [0.4, 0.5) is 11.4 Å². The van der Waals surface area contributed by atoms with Gasteiger partial charge in [0.2, 0.25) is 0 Å². The largest absolute Gasteiger partial charge is 0.399 e. The Morgan fingerprint density at radius 1 is 1.25 bits per heavy atom. The predicted octanol–water partition coefficient (Wildman–Crippen LogP) is 1.92. The Morgan fingerprint density at radius 2 is 2.12 bits per heavy atom. The SMILES string of the molecule is Nc1cccc(NC(=O)c2cccnc2)c1. The Hall–Kier alpha value is -2.36. The Morgan fingerprint density at radius 3 is 2.81 bits per heavy atom. The molecule has 4 heteroatoms. The van der Waals surface area contributed by atoms with Gasteiger partial charge in [-0.15, -0.1) is 0 Å². The van der Waals surface area contributed by atoms with E-state index in [2.05, 4.69) is 10.3 Å². The van der Waals surface area contributed by atoms with Crippen molar-refractivity contribution in [3.8, 4) is 0 Å². The first kappa shape index (κ1) is 10.2. The van der Waals surface area contributed by atoms with Crippen molar-refractivity contribution in [2.24, 2.45) is 0 Å². The van der Waals surface area contributed by atoms with Gasteiger partial charge in [-0.3, -0.25) is 9.78 Å². The number of carbonyl (C=O) groups excluding carboxylic acids is 1. The van der Waals surface area contributed by atoms with Crippen molar-refractivity contribution in [3.05, 3.63) is 54.4 Å². The summed E-state index contributed by atoms with van der Waals surface area (Å²) < 4.78 is 0. The first-order valence-electron chi connectivity index (χ1n) is 4.82. The van der Waals surface area contributed by atoms with Crippen LogP contribution in [-0.2, 0) is 0 Å². The number of hydrogen-bond acceptors (Lipinski definition) is 3. The lowest BCUT2D eigenvalue weighted by Crippen LogP contribution is -2.12. The molecule has 0 aliphatic carbocycles. The first-order chi connectivity index (χ1) is 7.75. The number of nitrogens with one attached hydrogen (secondary N) is 1. The number of amides is 1. The van der Waals surface area contributed by atoms with Crippen molar-refractivity contribution in [1.29, 1.82) is 0 Å². The van der Waals surface area contributed by atoms with Crippen molar-refractivity contribution in [2.45, 2.75) is 0 Å². The molecule has 4 nitrogen and oxygen atoms in total. The molecule has 3 N–H and O–H groups in total. The van der Waals surface area contributed by atoms with E-state index in [0.29, 0.717) is 16.9 Å². The molecular formula is C12H11N3O. The van der Waals surface area contributed by atoms with E-state index in [1.165, 1.54) is 6.20 Å². The van der Waals surface area contributed by atoms with Gasteiger partial charge in [0.25, 0.3) is 5.91 Å². The van der Waals surface area contributed by atoms with Gasteiger partial charge in [0.1, 0.15) is 0 Å². The fourth-order valence-corrected chi connectivity index (χ4v) is 1.32. The smallest absolute Gasteiger partial charge is 0.257 e. The van der Waals surface area contributed by atoms with Crippen LogP contribution < -0.4 is 11.1 Å². The standard InChI is InChI=1S/C12H11N3O/c13-10-4-1-5-11(7-10)15-12(16)9-3-2-6-14-8-9/h1-8H,13H2,(H,15,16). The third-order valence-corrected chi connectivity index (χ3v) is 2.07. The summed E-state index contributed by atoms with van der Waals surface area (Å²) in [6.45, 7) is 0.